The molecule has 0 aliphatic carbocycles. The molecule has 1 heterocycles. The average Bonchev–Trinajstić information content (AvgIpc) is 2.75. The predicted octanol–water partition coefficient (Wildman–Crippen LogP) is 2.85. The highest BCUT2D eigenvalue weighted by molar-refractivity contribution is 7.98. The molecule has 4 nitrogen and oxygen atoms in total. The Morgan fingerprint density at radius 3 is 2.82 bits per heavy atom. The van der Waals surface area contributed by atoms with Crippen molar-refractivity contribution in [1.82, 2.24) is 0 Å². The fourth-order valence-corrected chi connectivity index (χ4v) is 2.19. The van der Waals surface area contributed by atoms with E-state index in [-0.39, 0.29) is 5.76 Å². The second kappa shape index (κ2) is 4.97. The summed E-state index contributed by atoms with van der Waals surface area (Å²) in [6, 6.07) is 10.6. The van der Waals surface area contributed by atoms with Crippen LogP contribution in [0.15, 0.2) is 45.7 Å². The summed E-state index contributed by atoms with van der Waals surface area (Å²) < 4.78 is 5.15. The van der Waals surface area contributed by atoms with Gasteiger partial charge in [0.15, 0.2) is 0 Å². The van der Waals surface area contributed by atoms with Crippen molar-refractivity contribution >= 4 is 23.4 Å². The monoisotopic (exact) mass is 249 g/mol. The lowest BCUT2D eigenvalue weighted by Gasteiger charge is -2.00. The Balaban J connectivity index is 2.00. The van der Waals surface area contributed by atoms with E-state index in [0.717, 1.165) is 4.90 Å². The quantitative estimate of drug-likeness (QED) is 0.643. The van der Waals surface area contributed by atoms with E-state index in [0.29, 0.717) is 17.2 Å². The summed E-state index contributed by atoms with van der Waals surface area (Å²) in [7, 11) is 0. The van der Waals surface area contributed by atoms with Gasteiger partial charge in [-0.1, -0.05) is 6.07 Å². The van der Waals surface area contributed by atoms with Crippen LogP contribution in [0.1, 0.15) is 16.3 Å². The van der Waals surface area contributed by atoms with E-state index in [9.17, 15) is 4.79 Å². The molecule has 0 aliphatic heterocycles. The SMILES string of the molecule is Nc1cccc(SCc2ccc(C(=O)O)o2)c1. The molecule has 0 unspecified atom stereocenters. The molecular formula is C12H11NO3S. The molecule has 2 rings (SSSR count). The van der Waals surface area contributed by atoms with Gasteiger partial charge >= 0.3 is 5.97 Å². The summed E-state index contributed by atoms with van der Waals surface area (Å²) in [6.07, 6.45) is 0. The molecule has 0 fully saturated rings. The van der Waals surface area contributed by atoms with Crippen molar-refractivity contribution in [2.45, 2.75) is 10.6 Å². The minimum absolute atomic E-state index is 0.0341. The van der Waals surface area contributed by atoms with Crippen LogP contribution < -0.4 is 5.73 Å². The standard InChI is InChI=1S/C12H11NO3S/c13-8-2-1-3-10(6-8)17-7-9-4-5-11(16-9)12(14)15/h1-6H,7,13H2,(H,14,15). The first kappa shape index (κ1) is 11.6. The molecule has 5 heteroatoms. The van der Waals surface area contributed by atoms with Gasteiger partial charge in [0.25, 0.3) is 0 Å². The van der Waals surface area contributed by atoms with Crippen molar-refractivity contribution in [2.75, 3.05) is 5.73 Å². The van der Waals surface area contributed by atoms with E-state index in [4.69, 9.17) is 15.3 Å². The zero-order valence-electron chi connectivity index (χ0n) is 8.92. The summed E-state index contributed by atoms with van der Waals surface area (Å²) in [5, 5.41) is 8.70. The number of nitrogen functional groups attached to an aromatic ring is 1. The summed E-state index contributed by atoms with van der Waals surface area (Å²) in [5.41, 5.74) is 6.37. The minimum Gasteiger partial charge on any atom is -0.475 e. The van der Waals surface area contributed by atoms with Crippen LogP contribution in [0.25, 0.3) is 0 Å². The van der Waals surface area contributed by atoms with E-state index >= 15 is 0 Å². The number of furan rings is 1. The smallest absolute Gasteiger partial charge is 0.371 e. The Labute approximate surface area is 102 Å². The Kier molecular flexibility index (Phi) is 3.39. The normalized spacial score (nSPS) is 10.4. The van der Waals surface area contributed by atoms with Crippen LogP contribution in [0.3, 0.4) is 0 Å². The van der Waals surface area contributed by atoms with Gasteiger partial charge in [0.05, 0.1) is 5.75 Å². The first-order chi connectivity index (χ1) is 8.15. The number of carboxylic acid groups (broad SMARTS) is 1. The Morgan fingerprint density at radius 1 is 1.35 bits per heavy atom. The molecule has 0 saturated carbocycles. The highest BCUT2D eigenvalue weighted by Crippen LogP contribution is 2.25. The molecule has 1 aromatic carbocycles. The second-order valence-electron chi connectivity index (χ2n) is 3.43. The van der Waals surface area contributed by atoms with Crippen molar-refractivity contribution in [3.8, 4) is 0 Å². The van der Waals surface area contributed by atoms with E-state index < -0.39 is 5.97 Å². The molecule has 2 aromatic rings. The maximum Gasteiger partial charge on any atom is 0.371 e. The number of benzene rings is 1. The average molecular weight is 249 g/mol. The van der Waals surface area contributed by atoms with Crippen LogP contribution in [0.4, 0.5) is 5.69 Å². The third kappa shape index (κ3) is 3.04. The van der Waals surface area contributed by atoms with Gasteiger partial charge in [-0.25, -0.2) is 4.79 Å². The molecular weight excluding hydrogens is 238 g/mol. The van der Waals surface area contributed by atoms with Crippen LogP contribution in [0.5, 0.6) is 0 Å². The summed E-state index contributed by atoms with van der Waals surface area (Å²) in [4.78, 5) is 11.6. The molecule has 0 radical (unpaired) electrons. The number of nitrogens with two attached hydrogens (primary N) is 1. The van der Waals surface area contributed by atoms with E-state index in [1.165, 1.54) is 6.07 Å². The van der Waals surface area contributed by atoms with Gasteiger partial charge in [-0.15, -0.1) is 11.8 Å². The lowest BCUT2D eigenvalue weighted by molar-refractivity contribution is 0.0661. The van der Waals surface area contributed by atoms with Gasteiger partial charge in [-0.05, 0) is 30.3 Å². The van der Waals surface area contributed by atoms with Crippen molar-refractivity contribution < 1.29 is 14.3 Å². The third-order valence-electron chi connectivity index (χ3n) is 2.11. The number of thioether (sulfide) groups is 1. The lowest BCUT2D eigenvalue weighted by Crippen LogP contribution is -1.91. The van der Waals surface area contributed by atoms with Gasteiger partial charge in [-0.3, -0.25) is 0 Å². The fraction of sp³-hybridized carbons (Fsp3) is 0.0833. The summed E-state index contributed by atoms with van der Waals surface area (Å²) in [6.45, 7) is 0. The highest BCUT2D eigenvalue weighted by atomic mass is 32.2. The molecule has 3 N–H and O–H groups in total. The van der Waals surface area contributed by atoms with Crippen LogP contribution in [-0.4, -0.2) is 11.1 Å². The van der Waals surface area contributed by atoms with E-state index in [2.05, 4.69) is 0 Å². The first-order valence-corrected chi connectivity index (χ1v) is 5.94. The van der Waals surface area contributed by atoms with Crippen LogP contribution >= 0.6 is 11.8 Å². The largest absolute Gasteiger partial charge is 0.475 e. The topological polar surface area (TPSA) is 76.5 Å². The fourth-order valence-electron chi connectivity index (χ4n) is 1.33. The number of carbonyl (C=O) groups is 1. The Bertz CT molecular complexity index is 536. The van der Waals surface area contributed by atoms with Crippen molar-refractivity contribution in [3.05, 3.63) is 47.9 Å². The number of hydrogen-bond donors (Lipinski definition) is 2. The van der Waals surface area contributed by atoms with Crippen LogP contribution in [0.2, 0.25) is 0 Å². The number of hydrogen-bond acceptors (Lipinski definition) is 4. The molecule has 0 bridgehead atoms. The summed E-state index contributed by atoms with van der Waals surface area (Å²) in [5.74, 6) is 0.129. The van der Waals surface area contributed by atoms with Gasteiger partial charge < -0.3 is 15.3 Å². The van der Waals surface area contributed by atoms with Gasteiger partial charge in [0.1, 0.15) is 5.76 Å². The third-order valence-corrected chi connectivity index (χ3v) is 3.13. The number of aromatic carboxylic acids is 1. The summed E-state index contributed by atoms with van der Waals surface area (Å²) >= 11 is 1.55. The number of carboxylic acids is 1. The molecule has 17 heavy (non-hydrogen) atoms. The zero-order chi connectivity index (χ0) is 12.3. The number of anilines is 1. The molecule has 0 aliphatic rings. The van der Waals surface area contributed by atoms with Gasteiger partial charge in [-0.2, -0.15) is 0 Å². The molecule has 88 valence electrons. The van der Waals surface area contributed by atoms with Crippen molar-refractivity contribution in [1.29, 1.82) is 0 Å². The lowest BCUT2D eigenvalue weighted by atomic mass is 10.3. The number of rotatable bonds is 4. The van der Waals surface area contributed by atoms with Crippen molar-refractivity contribution in [3.63, 3.8) is 0 Å². The maximum absolute atomic E-state index is 10.6. The predicted molar refractivity (Wildman–Crippen MR) is 66.1 cm³/mol. The first-order valence-electron chi connectivity index (χ1n) is 4.95. The van der Waals surface area contributed by atoms with E-state index in [1.54, 1.807) is 17.8 Å². The molecule has 0 atom stereocenters. The van der Waals surface area contributed by atoms with Crippen molar-refractivity contribution in [2.24, 2.45) is 0 Å². The zero-order valence-corrected chi connectivity index (χ0v) is 9.74. The highest BCUT2D eigenvalue weighted by Gasteiger charge is 2.08. The molecule has 0 saturated heterocycles. The van der Waals surface area contributed by atoms with Crippen LogP contribution in [0, 0.1) is 0 Å². The Morgan fingerprint density at radius 2 is 2.18 bits per heavy atom. The second-order valence-corrected chi connectivity index (χ2v) is 4.48. The van der Waals surface area contributed by atoms with E-state index in [1.807, 2.05) is 24.3 Å². The molecule has 0 spiro atoms. The Hall–Kier alpha value is -1.88. The molecule has 0 amide bonds. The molecule has 1 aromatic heterocycles. The van der Waals surface area contributed by atoms with Gasteiger partial charge in [0, 0.05) is 10.6 Å². The van der Waals surface area contributed by atoms with Crippen LogP contribution in [-0.2, 0) is 5.75 Å². The van der Waals surface area contributed by atoms with Gasteiger partial charge in [0.2, 0.25) is 5.76 Å². The maximum atomic E-state index is 10.6. The minimum atomic E-state index is -1.05.